The second-order valence-corrected chi connectivity index (χ2v) is 4.12. The third kappa shape index (κ3) is 4.22. The van der Waals surface area contributed by atoms with Crippen molar-refractivity contribution in [1.82, 2.24) is 10.2 Å². The zero-order valence-electron chi connectivity index (χ0n) is 8.29. The lowest BCUT2D eigenvalue weighted by atomic mass is 10.1. The predicted octanol–water partition coefficient (Wildman–Crippen LogP) is 2.92. The summed E-state index contributed by atoms with van der Waals surface area (Å²) in [6, 6.07) is 0.513. The first kappa shape index (κ1) is 10.4. The number of rotatable bonds is 6. The molecule has 1 rings (SSSR count). The van der Waals surface area contributed by atoms with Gasteiger partial charge in [-0.15, -0.1) is 10.2 Å². The van der Waals surface area contributed by atoms with Gasteiger partial charge in [-0.25, -0.2) is 0 Å². The maximum Gasteiger partial charge on any atom is 0.205 e. The van der Waals surface area contributed by atoms with Crippen LogP contribution in [0, 0.1) is 0 Å². The number of anilines is 1. The fourth-order valence-electron chi connectivity index (χ4n) is 1.22. The van der Waals surface area contributed by atoms with Gasteiger partial charge in [0.15, 0.2) is 0 Å². The third-order valence-corrected chi connectivity index (χ3v) is 2.59. The summed E-state index contributed by atoms with van der Waals surface area (Å²) in [5.74, 6) is 0. The van der Waals surface area contributed by atoms with E-state index in [0.717, 1.165) is 5.13 Å². The molecule has 0 saturated carbocycles. The van der Waals surface area contributed by atoms with Gasteiger partial charge in [-0.3, -0.25) is 0 Å². The van der Waals surface area contributed by atoms with E-state index in [4.69, 9.17) is 0 Å². The molecule has 3 nitrogen and oxygen atoms in total. The lowest BCUT2D eigenvalue weighted by molar-refractivity contribution is 0.614. The van der Waals surface area contributed by atoms with E-state index in [1.165, 1.54) is 25.7 Å². The molecule has 1 heterocycles. The zero-order valence-corrected chi connectivity index (χ0v) is 9.10. The Morgan fingerprint density at radius 1 is 1.54 bits per heavy atom. The van der Waals surface area contributed by atoms with E-state index in [9.17, 15) is 0 Å². The van der Waals surface area contributed by atoms with E-state index in [0.29, 0.717) is 6.04 Å². The first-order valence-corrected chi connectivity index (χ1v) is 5.73. The molecule has 0 fully saturated rings. The van der Waals surface area contributed by atoms with Crippen LogP contribution in [0.1, 0.15) is 39.5 Å². The molecule has 0 amide bonds. The summed E-state index contributed by atoms with van der Waals surface area (Å²) < 4.78 is 0. The summed E-state index contributed by atoms with van der Waals surface area (Å²) in [7, 11) is 0. The highest BCUT2D eigenvalue weighted by Gasteiger charge is 2.02. The summed E-state index contributed by atoms with van der Waals surface area (Å²) in [5, 5.41) is 12.0. The summed E-state index contributed by atoms with van der Waals surface area (Å²) >= 11 is 1.56. The Kier molecular flexibility index (Phi) is 4.75. The second kappa shape index (κ2) is 5.91. The number of aromatic nitrogens is 2. The predicted molar refractivity (Wildman–Crippen MR) is 57.1 cm³/mol. The van der Waals surface area contributed by atoms with E-state index >= 15 is 0 Å². The average Bonchev–Trinajstić information content (AvgIpc) is 2.57. The van der Waals surface area contributed by atoms with E-state index < -0.39 is 0 Å². The SMILES string of the molecule is CCCCCC(C)Nc1nncs1. The molecular weight excluding hydrogens is 182 g/mol. The molecule has 0 spiro atoms. The summed E-state index contributed by atoms with van der Waals surface area (Å²) in [6.45, 7) is 4.42. The molecular formula is C9H17N3S. The van der Waals surface area contributed by atoms with Gasteiger partial charge in [-0.1, -0.05) is 37.5 Å². The highest BCUT2D eigenvalue weighted by Crippen LogP contribution is 2.12. The Bertz CT molecular complexity index is 211. The van der Waals surface area contributed by atoms with Gasteiger partial charge in [0.2, 0.25) is 5.13 Å². The zero-order chi connectivity index (χ0) is 9.52. The van der Waals surface area contributed by atoms with Crippen LogP contribution < -0.4 is 5.32 Å². The van der Waals surface area contributed by atoms with Crippen molar-refractivity contribution in [2.75, 3.05) is 5.32 Å². The van der Waals surface area contributed by atoms with Crippen molar-refractivity contribution in [1.29, 1.82) is 0 Å². The number of hydrogen-bond acceptors (Lipinski definition) is 4. The normalized spacial score (nSPS) is 12.8. The standard InChI is InChI=1S/C9H17N3S/c1-3-4-5-6-8(2)11-9-12-10-7-13-9/h7-8H,3-6H2,1-2H3,(H,11,12). The van der Waals surface area contributed by atoms with Crippen molar-refractivity contribution in [2.24, 2.45) is 0 Å². The van der Waals surface area contributed by atoms with E-state index in [1.807, 2.05) is 0 Å². The highest BCUT2D eigenvalue weighted by atomic mass is 32.1. The van der Waals surface area contributed by atoms with Crippen molar-refractivity contribution < 1.29 is 0 Å². The number of hydrogen-bond donors (Lipinski definition) is 1. The maximum absolute atomic E-state index is 3.94. The second-order valence-electron chi connectivity index (χ2n) is 3.29. The van der Waals surface area contributed by atoms with Crippen LogP contribution in [0.25, 0.3) is 0 Å². The Morgan fingerprint density at radius 3 is 3.00 bits per heavy atom. The minimum absolute atomic E-state index is 0.513. The van der Waals surface area contributed by atoms with Gasteiger partial charge in [-0.05, 0) is 13.3 Å². The van der Waals surface area contributed by atoms with E-state index in [2.05, 4.69) is 29.4 Å². The minimum atomic E-state index is 0.513. The largest absolute Gasteiger partial charge is 0.358 e. The molecule has 0 radical (unpaired) electrons. The van der Waals surface area contributed by atoms with Crippen molar-refractivity contribution >= 4 is 16.5 Å². The van der Waals surface area contributed by atoms with Crippen LogP contribution in [0.4, 0.5) is 5.13 Å². The Hall–Kier alpha value is -0.640. The van der Waals surface area contributed by atoms with Crippen molar-refractivity contribution in [3.8, 4) is 0 Å². The van der Waals surface area contributed by atoms with Gasteiger partial charge in [0.05, 0.1) is 0 Å². The lowest BCUT2D eigenvalue weighted by Crippen LogP contribution is -2.14. The molecule has 0 aliphatic rings. The molecule has 4 heteroatoms. The summed E-state index contributed by atoms with van der Waals surface area (Å²) in [4.78, 5) is 0. The molecule has 1 N–H and O–H groups in total. The quantitative estimate of drug-likeness (QED) is 0.716. The van der Waals surface area contributed by atoms with E-state index in [1.54, 1.807) is 16.8 Å². The fraction of sp³-hybridized carbons (Fsp3) is 0.778. The Morgan fingerprint density at radius 2 is 2.38 bits per heavy atom. The van der Waals surface area contributed by atoms with Crippen LogP contribution >= 0.6 is 11.3 Å². The van der Waals surface area contributed by atoms with E-state index in [-0.39, 0.29) is 0 Å². The van der Waals surface area contributed by atoms with Gasteiger partial charge < -0.3 is 5.32 Å². The van der Waals surface area contributed by atoms with Gasteiger partial charge in [0.25, 0.3) is 0 Å². The van der Waals surface area contributed by atoms with Crippen LogP contribution in [0.3, 0.4) is 0 Å². The monoisotopic (exact) mass is 199 g/mol. The van der Waals surface area contributed by atoms with Gasteiger partial charge in [-0.2, -0.15) is 0 Å². The first-order valence-electron chi connectivity index (χ1n) is 4.85. The van der Waals surface area contributed by atoms with Crippen molar-refractivity contribution in [2.45, 2.75) is 45.6 Å². The summed E-state index contributed by atoms with van der Waals surface area (Å²) in [5.41, 5.74) is 1.75. The van der Waals surface area contributed by atoms with Crippen molar-refractivity contribution in [3.63, 3.8) is 0 Å². The molecule has 1 atom stereocenters. The number of nitrogens with zero attached hydrogens (tertiary/aromatic N) is 2. The molecule has 1 aromatic heterocycles. The Balaban J connectivity index is 2.14. The highest BCUT2D eigenvalue weighted by molar-refractivity contribution is 7.13. The first-order chi connectivity index (χ1) is 6.33. The Labute approximate surface area is 83.6 Å². The number of unbranched alkanes of at least 4 members (excludes halogenated alkanes) is 2. The molecule has 0 saturated heterocycles. The van der Waals surface area contributed by atoms with Crippen LogP contribution in [-0.2, 0) is 0 Å². The minimum Gasteiger partial charge on any atom is -0.358 e. The van der Waals surface area contributed by atoms with Crippen molar-refractivity contribution in [3.05, 3.63) is 5.51 Å². The third-order valence-electron chi connectivity index (χ3n) is 1.97. The lowest BCUT2D eigenvalue weighted by Gasteiger charge is -2.11. The maximum atomic E-state index is 3.94. The van der Waals surface area contributed by atoms with Crippen LogP contribution in [0.2, 0.25) is 0 Å². The molecule has 1 aromatic rings. The topological polar surface area (TPSA) is 37.8 Å². The molecule has 0 aliphatic heterocycles. The molecule has 1 unspecified atom stereocenters. The van der Waals surface area contributed by atoms with Gasteiger partial charge in [0, 0.05) is 6.04 Å². The molecule has 74 valence electrons. The summed E-state index contributed by atoms with van der Waals surface area (Å²) in [6.07, 6.45) is 5.12. The van der Waals surface area contributed by atoms with Gasteiger partial charge in [0.1, 0.15) is 5.51 Å². The smallest absolute Gasteiger partial charge is 0.205 e. The molecule has 0 aliphatic carbocycles. The molecule has 0 bridgehead atoms. The van der Waals surface area contributed by atoms with Gasteiger partial charge >= 0.3 is 0 Å². The van der Waals surface area contributed by atoms with Crippen LogP contribution in [0.15, 0.2) is 5.51 Å². The molecule has 0 aromatic carbocycles. The van der Waals surface area contributed by atoms with Crippen LogP contribution in [0.5, 0.6) is 0 Å². The molecule has 13 heavy (non-hydrogen) atoms. The number of nitrogens with one attached hydrogen (secondary N) is 1. The fourth-order valence-corrected chi connectivity index (χ4v) is 1.78. The average molecular weight is 199 g/mol. The van der Waals surface area contributed by atoms with Crippen LogP contribution in [-0.4, -0.2) is 16.2 Å².